The monoisotopic (exact) mass is 340 g/mol. The summed E-state index contributed by atoms with van der Waals surface area (Å²) in [5, 5.41) is 11.4. The zero-order valence-corrected chi connectivity index (χ0v) is 11.5. The third-order valence-electron chi connectivity index (χ3n) is 2.31. The standard InChI is InChI=1S/C11H12BrF3N2O2/c1-2-3-7(10(18)19)16-8-5-4-6(12)9(17-8)11(13,14)15/h4-5,7H,2-3H2,1H3,(H,16,17)(H,18,19). The van der Waals surface area contributed by atoms with Crippen LogP contribution in [0.5, 0.6) is 0 Å². The van der Waals surface area contributed by atoms with E-state index in [0.717, 1.165) is 0 Å². The van der Waals surface area contributed by atoms with Crippen molar-refractivity contribution < 1.29 is 23.1 Å². The largest absolute Gasteiger partial charge is 0.480 e. The minimum Gasteiger partial charge on any atom is -0.480 e. The Bertz CT molecular complexity index is 466. The maximum absolute atomic E-state index is 12.6. The van der Waals surface area contributed by atoms with E-state index in [1.165, 1.54) is 12.1 Å². The second-order valence-electron chi connectivity index (χ2n) is 3.85. The Morgan fingerprint density at radius 1 is 1.53 bits per heavy atom. The summed E-state index contributed by atoms with van der Waals surface area (Å²) in [6, 6.07) is 1.52. The van der Waals surface area contributed by atoms with Gasteiger partial charge in [0, 0.05) is 4.47 Å². The Morgan fingerprint density at radius 3 is 2.63 bits per heavy atom. The summed E-state index contributed by atoms with van der Waals surface area (Å²) in [4.78, 5) is 14.3. The van der Waals surface area contributed by atoms with Gasteiger partial charge in [0.25, 0.3) is 0 Å². The van der Waals surface area contributed by atoms with Crippen LogP contribution in [0, 0.1) is 0 Å². The smallest absolute Gasteiger partial charge is 0.434 e. The minimum atomic E-state index is -4.60. The summed E-state index contributed by atoms with van der Waals surface area (Å²) in [7, 11) is 0. The molecular weight excluding hydrogens is 329 g/mol. The van der Waals surface area contributed by atoms with E-state index in [4.69, 9.17) is 5.11 Å². The van der Waals surface area contributed by atoms with Gasteiger partial charge in [-0.05, 0) is 34.5 Å². The lowest BCUT2D eigenvalue weighted by Gasteiger charge is -2.16. The van der Waals surface area contributed by atoms with E-state index in [2.05, 4.69) is 26.2 Å². The normalized spacial score (nSPS) is 13.1. The SMILES string of the molecule is CCCC(Nc1ccc(Br)c(C(F)(F)F)n1)C(=O)O. The number of carboxylic acid groups (broad SMARTS) is 1. The number of anilines is 1. The van der Waals surface area contributed by atoms with Crippen LogP contribution in [0.4, 0.5) is 19.0 Å². The zero-order chi connectivity index (χ0) is 14.6. The highest BCUT2D eigenvalue weighted by Gasteiger charge is 2.35. The third-order valence-corrected chi connectivity index (χ3v) is 2.95. The molecule has 1 aromatic rings. The predicted molar refractivity (Wildman–Crippen MR) is 66.9 cm³/mol. The first kappa shape index (κ1) is 15.7. The average molecular weight is 341 g/mol. The second kappa shape index (κ2) is 6.23. The van der Waals surface area contributed by atoms with Crippen molar-refractivity contribution in [2.75, 3.05) is 5.32 Å². The molecule has 1 unspecified atom stereocenters. The predicted octanol–water partition coefficient (Wildman–Crippen LogP) is 3.53. The van der Waals surface area contributed by atoms with Gasteiger partial charge >= 0.3 is 12.1 Å². The highest BCUT2D eigenvalue weighted by atomic mass is 79.9. The minimum absolute atomic E-state index is 0.114. The van der Waals surface area contributed by atoms with Gasteiger partial charge in [0.2, 0.25) is 0 Å². The quantitative estimate of drug-likeness (QED) is 0.860. The van der Waals surface area contributed by atoms with Gasteiger partial charge in [-0.15, -0.1) is 0 Å². The summed E-state index contributed by atoms with van der Waals surface area (Å²) in [5.74, 6) is -1.24. The number of carbonyl (C=O) groups is 1. The lowest BCUT2D eigenvalue weighted by Crippen LogP contribution is -2.29. The van der Waals surface area contributed by atoms with E-state index < -0.39 is 23.9 Å². The fourth-order valence-electron chi connectivity index (χ4n) is 1.45. The molecule has 0 amide bonds. The Labute approximate surface area is 116 Å². The molecule has 2 N–H and O–H groups in total. The fraction of sp³-hybridized carbons (Fsp3) is 0.455. The molecule has 0 aliphatic carbocycles. The van der Waals surface area contributed by atoms with Crippen molar-refractivity contribution in [3.05, 3.63) is 22.3 Å². The molecule has 0 aliphatic rings. The van der Waals surface area contributed by atoms with Crippen molar-refractivity contribution >= 4 is 27.7 Å². The van der Waals surface area contributed by atoms with Crippen LogP contribution in [0.3, 0.4) is 0 Å². The number of hydrogen-bond acceptors (Lipinski definition) is 3. The highest BCUT2D eigenvalue weighted by molar-refractivity contribution is 9.10. The number of hydrogen-bond donors (Lipinski definition) is 2. The number of rotatable bonds is 5. The fourth-order valence-corrected chi connectivity index (χ4v) is 1.89. The van der Waals surface area contributed by atoms with Crippen molar-refractivity contribution in [1.82, 2.24) is 4.98 Å². The lowest BCUT2D eigenvalue weighted by molar-refractivity contribution is -0.141. The van der Waals surface area contributed by atoms with Crippen molar-refractivity contribution in [3.63, 3.8) is 0 Å². The average Bonchev–Trinajstić information content (AvgIpc) is 2.29. The number of carboxylic acids is 1. The maximum Gasteiger partial charge on any atom is 0.434 e. The van der Waals surface area contributed by atoms with E-state index >= 15 is 0 Å². The van der Waals surface area contributed by atoms with Crippen molar-refractivity contribution in [3.8, 4) is 0 Å². The number of aromatic nitrogens is 1. The highest BCUT2D eigenvalue weighted by Crippen LogP contribution is 2.34. The zero-order valence-electron chi connectivity index (χ0n) is 9.96. The van der Waals surface area contributed by atoms with Gasteiger partial charge in [-0.1, -0.05) is 13.3 Å². The molecule has 1 atom stereocenters. The lowest BCUT2D eigenvalue weighted by atomic mass is 10.1. The van der Waals surface area contributed by atoms with Gasteiger partial charge in [-0.25, -0.2) is 9.78 Å². The Balaban J connectivity index is 2.99. The molecule has 0 saturated carbocycles. The first-order chi connectivity index (χ1) is 8.75. The van der Waals surface area contributed by atoms with Gasteiger partial charge in [0.05, 0.1) is 0 Å². The number of nitrogens with zero attached hydrogens (tertiary/aromatic N) is 1. The topological polar surface area (TPSA) is 62.2 Å². The van der Waals surface area contributed by atoms with Crippen molar-refractivity contribution in [1.29, 1.82) is 0 Å². The summed E-state index contributed by atoms with van der Waals surface area (Å²) in [5.41, 5.74) is -1.09. The van der Waals surface area contributed by atoms with Crippen LogP contribution in [0.2, 0.25) is 0 Å². The second-order valence-corrected chi connectivity index (χ2v) is 4.70. The number of alkyl halides is 3. The molecule has 1 aromatic heterocycles. The number of aliphatic carboxylic acids is 1. The molecule has 4 nitrogen and oxygen atoms in total. The van der Waals surface area contributed by atoms with Gasteiger partial charge in [-0.2, -0.15) is 13.2 Å². The first-order valence-electron chi connectivity index (χ1n) is 5.48. The number of pyridine rings is 1. The molecule has 0 radical (unpaired) electrons. The summed E-state index contributed by atoms with van der Waals surface area (Å²) >= 11 is 2.77. The number of halogens is 4. The third kappa shape index (κ3) is 4.38. The van der Waals surface area contributed by atoms with E-state index in [1.54, 1.807) is 6.92 Å². The van der Waals surface area contributed by atoms with Gasteiger partial charge in [0.1, 0.15) is 11.9 Å². The molecule has 0 aromatic carbocycles. The van der Waals surface area contributed by atoms with Crippen LogP contribution in [0.25, 0.3) is 0 Å². The molecule has 0 aliphatic heterocycles. The van der Waals surface area contributed by atoms with Crippen molar-refractivity contribution in [2.45, 2.75) is 32.0 Å². The van der Waals surface area contributed by atoms with Gasteiger partial charge in [0.15, 0.2) is 5.69 Å². The molecule has 106 valence electrons. The molecule has 8 heteroatoms. The van der Waals surface area contributed by atoms with Crippen LogP contribution < -0.4 is 5.32 Å². The van der Waals surface area contributed by atoms with Gasteiger partial charge < -0.3 is 10.4 Å². The maximum atomic E-state index is 12.6. The number of nitrogens with one attached hydrogen (secondary N) is 1. The van der Waals surface area contributed by atoms with Crippen LogP contribution in [-0.2, 0) is 11.0 Å². The molecule has 0 bridgehead atoms. The van der Waals surface area contributed by atoms with Crippen LogP contribution in [-0.4, -0.2) is 22.1 Å². The molecule has 1 rings (SSSR count). The molecular formula is C11H12BrF3N2O2. The van der Waals surface area contributed by atoms with E-state index in [-0.39, 0.29) is 10.3 Å². The molecule has 1 heterocycles. The van der Waals surface area contributed by atoms with Crippen LogP contribution in [0.1, 0.15) is 25.5 Å². The summed E-state index contributed by atoms with van der Waals surface area (Å²) in [6.45, 7) is 1.79. The Hall–Kier alpha value is -1.31. The summed E-state index contributed by atoms with van der Waals surface area (Å²) in [6.07, 6.45) is -3.71. The van der Waals surface area contributed by atoms with Crippen LogP contribution >= 0.6 is 15.9 Å². The van der Waals surface area contributed by atoms with Gasteiger partial charge in [-0.3, -0.25) is 0 Å². The Morgan fingerprint density at radius 2 is 2.16 bits per heavy atom. The first-order valence-corrected chi connectivity index (χ1v) is 6.28. The molecule has 0 saturated heterocycles. The van der Waals surface area contributed by atoms with E-state index in [1.807, 2.05) is 0 Å². The Kier molecular flexibility index (Phi) is 5.16. The van der Waals surface area contributed by atoms with Crippen LogP contribution in [0.15, 0.2) is 16.6 Å². The van der Waals surface area contributed by atoms with Crippen molar-refractivity contribution in [2.24, 2.45) is 0 Å². The summed E-state index contributed by atoms with van der Waals surface area (Å²) < 4.78 is 37.7. The molecule has 0 fully saturated rings. The molecule has 0 spiro atoms. The van der Waals surface area contributed by atoms with E-state index in [9.17, 15) is 18.0 Å². The molecule has 19 heavy (non-hydrogen) atoms. The van der Waals surface area contributed by atoms with E-state index in [0.29, 0.717) is 12.8 Å².